The van der Waals surface area contributed by atoms with Crippen molar-refractivity contribution in [1.82, 2.24) is 9.80 Å². The largest absolute Gasteiger partial charge is 0.484 e. The van der Waals surface area contributed by atoms with Gasteiger partial charge in [0, 0.05) is 36.2 Å². The van der Waals surface area contributed by atoms with Crippen LogP contribution in [0, 0.1) is 0 Å². The molecule has 0 radical (unpaired) electrons. The van der Waals surface area contributed by atoms with Gasteiger partial charge >= 0.3 is 0 Å². The van der Waals surface area contributed by atoms with Crippen LogP contribution < -0.4 is 9.46 Å². The highest BCUT2D eigenvalue weighted by molar-refractivity contribution is 7.92. The number of amides is 1. The van der Waals surface area contributed by atoms with E-state index in [1.54, 1.807) is 4.90 Å². The number of carbonyl (C=O) groups is 1. The molecule has 1 heterocycles. The van der Waals surface area contributed by atoms with Crippen LogP contribution in [-0.4, -0.2) is 63.5 Å². The zero-order valence-corrected chi connectivity index (χ0v) is 18.8. The molecule has 0 saturated carbocycles. The number of carbonyl (C=O) groups excluding carboxylic acids is 1. The summed E-state index contributed by atoms with van der Waals surface area (Å²) >= 11 is 11.8. The number of nitrogens with one attached hydrogen (secondary N) is 1. The molecule has 0 bridgehead atoms. The zero-order chi connectivity index (χ0) is 21.7. The third-order valence-corrected chi connectivity index (χ3v) is 6.62. The van der Waals surface area contributed by atoms with Crippen molar-refractivity contribution < 1.29 is 17.9 Å². The summed E-state index contributed by atoms with van der Waals surface area (Å²) in [6.07, 6.45) is 0. The van der Waals surface area contributed by atoms with E-state index in [4.69, 9.17) is 27.9 Å². The van der Waals surface area contributed by atoms with Crippen LogP contribution >= 0.6 is 23.2 Å². The summed E-state index contributed by atoms with van der Waals surface area (Å²) in [5.41, 5.74) is 0.265. The summed E-state index contributed by atoms with van der Waals surface area (Å²) in [5, 5.41) is 0.648. The van der Waals surface area contributed by atoms with Crippen LogP contribution in [-0.2, 0) is 14.8 Å². The maximum atomic E-state index is 12.6. The van der Waals surface area contributed by atoms with E-state index in [0.29, 0.717) is 28.9 Å². The molecule has 30 heavy (non-hydrogen) atoms. The Kier molecular flexibility index (Phi) is 7.46. The minimum Gasteiger partial charge on any atom is -0.484 e. The molecular weight excluding hydrogens is 449 g/mol. The van der Waals surface area contributed by atoms with Crippen LogP contribution in [0.4, 0.5) is 5.69 Å². The number of benzene rings is 2. The molecule has 0 spiro atoms. The van der Waals surface area contributed by atoms with Crippen molar-refractivity contribution in [3.8, 4) is 5.75 Å². The van der Waals surface area contributed by atoms with Gasteiger partial charge in [-0.25, -0.2) is 8.42 Å². The molecule has 162 valence electrons. The normalized spacial score (nSPS) is 15.1. The number of hydrogen-bond donors (Lipinski definition) is 1. The van der Waals surface area contributed by atoms with Crippen molar-refractivity contribution in [3.63, 3.8) is 0 Å². The van der Waals surface area contributed by atoms with E-state index in [1.807, 2.05) is 0 Å². The van der Waals surface area contributed by atoms with Gasteiger partial charge in [0.25, 0.3) is 15.9 Å². The molecular formula is C20H23Cl2N3O4S. The predicted octanol–water partition coefficient (Wildman–Crippen LogP) is 3.34. The first-order chi connectivity index (χ1) is 14.3. The maximum absolute atomic E-state index is 12.6. The van der Waals surface area contributed by atoms with Gasteiger partial charge in [-0.05, 0) is 49.0 Å². The molecule has 10 heteroatoms. The number of anilines is 1. The molecule has 1 N–H and O–H groups in total. The zero-order valence-electron chi connectivity index (χ0n) is 16.5. The van der Waals surface area contributed by atoms with Crippen LogP contribution in [0.1, 0.15) is 6.92 Å². The fourth-order valence-corrected chi connectivity index (χ4v) is 4.66. The Bertz CT molecular complexity index is 971. The lowest BCUT2D eigenvalue weighted by molar-refractivity contribution is -0.135. The summed E-state index contributed by atoms with van der Waals surface area (Å²) < 4.78 is 33.1. The minimum atomic E-state index is -3.82. The number of sulfonamides is 1. The summed E-state index contributed by atoms with van der Waals surface area (Å²) in [4.78, 5) is 16.4. The average Bonchev–Trinajstić information content (AvgIpc) is 2.71. The van der Waals surface area contributed by atoms with Gasteiger partial charge in [0.2, 0.25) is 0 Å². The van der Waals surface area contributed by atoms with E-state index < -0.39 is 10.0 Å². The number of piperazine rings is 1. The summed E-state index contributed by atoms with van der Waals surface area (Å²) in [6, 6.07) is 10.3. The second-order valence-corrected chi connectivity index (χ2v) is 9.39. The highest BCUT2D eigenvalue weighted by Gasteiger charge is 2.20. The number of nitrogens with zero attached hydrogens (tertiary/aromatic N) is 2. The summed E-state index contributed by atoms with van der Waals surface area (Å²) in [7, 11) is -3.82. The third-order valence-electron chi connectivity index (χ3n) is 4.78. The predicted molar refractivity (Wildman–Crippen MR) is 118 cm³/mol. The standard InChI is InChI=1S/C20H23Cl2N3O4S/c1-2-24-7-9-25(10-8-24)20(26)14-29-18-3-5-19(6-4-18)30(27,28)23-17-12-15(21)11-16(22)13-17/h3-6,11-13,23H,2,7-10,14H2,1H3. The van der Waals surface area contributed by atoms with Crippen molar-refractivity contribution in [2.75, 3.05) is 44.1 Å². The Morgan fingerprint density at radius 1 is 1.03 bits per heavy atom. The van der Waals surface area contributed by atoms with Crippen molar-refractivity contribution in [2.45, 2.75) is 11.8 Å². The van der Waals surface area contributed by atoms with Gasteiger partial charge < -0.3 is 14.5 Å². The molecule has 1 saturated heterocycles. The lowest BCUT2D eigenvalue weighted by Crippen LogP contribution is -2.49. The lowest BCUT2D eigenvalue weighted by atomic mass is 10.3. The van der Waals surface area contributed by atoms with Gasteiger partial charge in [-0.15, -0.1) is 0 Å². The SMILES string of the molecule is CCN1CCN(C(=O)COc2ccc(S(=O)(=O)Nc3cc(Cl)cc(Cl)c3)cc2)CC1. The molecule has 1 amide bonds. The maximum Gasteiger partial charge on any atom is 0.261 e. The van der Waals surface area contributed by atoms with Gasteiger partial charge in [-0.3, -0.25) is 9.52 Å². The molecule has 2 aromatic carbocycles. The molecule has 7 nitrogen and oxygen atoms in total. The lowest BCUT2D eigenvalue weighted by Gasteiger charge is -2.33. The van der Waals surface area contributed by atoms with Gasteiger partial charge in [-0.1, -0.05) is 30.1 Å². The monoisotopic (exact) mass is 471 g/mol. The second-order valence-electron chi connectivity index (χ2n) is 6.84. The fraction of sp³-hybridized carbons (Fsp3) is 0.350. The summed E-state index contributed by atoms with van der Waals surface area (Å²) in [5.74, 6) is 0.335. The molecule has 0 aliphatic carbocycles. The van der Waals surface area contributed by atoms with Gasteiger partial charge in [-0.2, -0.15) is 0 Å². The van der Waals surface area contributed by atoms with Crippen molar-refractivity contribution in [1.29, 1.82) is 0 Å². The number of ether oxygens (including phenoxy) is 1. The smallest absolute Gasteiger partial charge is 0.261 e. The Balaban J connectivity index is 1.57. The third kappa shape index (κ3) is 6.01. The van der Waals surface area contributed by atoms with Crippen LogP contribution in [0.15, 0.2) is 47.4 Å². The van der Waals surface area contributed by atoms with E-state index in [1.165, 1.54) is 42.5 Å². The summed E-state index contributed by atoms with van der Waals surface area (Å²) in [6.45, 7) is 6.09. The molecule has 1 fully saturated rings. The number of rotatable bonds is 7. The van der Waals surface area contributed by atoms with Crippen LogP contribution in [0.25, 0.3) is 0 Å². The van der Waals surface area contributed by atoms with Crippen molar-refractivity contribution >= 4 is 44.8 Å². The second kappa shape index (κ2) is 9.87. The topological polar surface area (TPSA) is 79.0 Å². The van der Waals surface area contributed by atoms with E-state index in [9.17, 15) is 13.2 Å². The molecule has 2 aromatic rings. The first-order valence-corrected chi connectivity index (χ1v) is 11.7. The van der Waals surface area contributed by atoms with Crippen LogP contribution in [0.3, 0.4) is 0 Å². The van der Waals surface area contributed by atoms with Crippen LogP contribution in [0.5, 0.6) is 5.75 Å². The number of hydrogen-bond acceptors (Lipinski definition) is 5. The average molecular weight is 472 g/mol. The molecule has 0 aromatic heterocycles. The van der Waals surface area contributed by atoms with E-state index in [2.05, 4.69) is 16.5 Å². The molecule has 0 unspecified atom stereocenters. The van der Waals surface area contributed by atoms with E-state index in [-0.39, 0.29) is 23.1 Å². The molecule has 0 atom stereocenters. The van der Waals surface area contributed by atoms with E-state index >= 15 is 0 Å². The quantitative estimate of drug-likeness (QED) is 0.669. The van der Waals surface area contributed by atoms with E-state index in [0.717, 1.165) is 19.6 Å². The minimum absolute atomic E-state index is 0.0490. The van der Waals surface area contributed by atoms with Gasteiger partial charge in [0.15, 0.2) is 6.61 Å². The molecule has 1 aliphatic heterocycles. The Morgan fingerprint density at radius 3 is 2.20 bits per heavy atom. The van der Waals surface area contributed by atoms with Crippen molar-refractivity contribution in [3.05, 3.63) is 52.5 Å². The van der Waals surface area contributed by atoms with Gasteiger partial charge in [0.05, 0.1) is 10.6 Å². The number of halogens is 2. The fourth-order valence-electron chi connectivity index (χ4n) is 3.09. The Morgan fingerprint density at radius 2 is 1.63 bits per heavy atom. The first-order valence-electron chi connectivity index (χ1n) is 9.49. The highest BCUT2D eigenvalue weighted by atomic mass is 35.5. The van der Waals surface area contributed by atoms with Crippen LogP contribution in [0.2, 0.25) is 10.0 Å². The highest BCUT2D eigenvalue weighted by Crippen LogP contribution is 2.25. The molecule has 3 rings (SSSR count). The Labute approximate surface area is 186 Å². The Hall–Kier alpha value is -2.00. The molecule has 1 aliphatic rings. The first kappa shape index (κ1) is 22.7. The number of likely N-dealkylation sites (N-methyl/N-ethyl adjacent to an activating group) is 1. The van der Waals surface area contributed by atoms with Gasteiger partial charge in [0.1, 0.15) is 5.75 Å². The van der Waals surface area contributed by atoms with Crippen molar-refractivity contribution in [2.24, 2.45) is 0 Å².